The van der Waals surface area contributed by atoms with Gasteiger partial charge >= 0.3 is 0 Å². The van der Waals surface area contributed by atoms with Gasteiger partial charge in [0.2, 0.25) is 11.7 Å². The van der Waals surface area contributed by atoms with Gasteiger partial charge in [0, 0.05) is 25.3 Å². The van der Waals surface area contributed by atoms with Crippen LogP contribution in [0.15, 0.2) is 12.3 Å². The van der Waals surface area contributed by atoms with Gasteiger partial charge in [0.1, 0.15) is 5.82 Å². The first-order valence-corrected chi connectivity index (χ1v) is 5.60. The average molecular weight is 241 g/mol. The average Bonchev–Trinajstić information content (AvgIpc) is 2.30. The molecule has 0 saturated carbocycles. The molecule has 0 bridgehead atoms. The molecule has 0 radical (unpaired) electrons. The van der Waals surface area contributed by atoms with Crippen molar-refractivity contribution in [2.24, 2.45) is 0 Å². The van der Waals surface area contributed by atoms with Crippen molar-refractivity contribution in [1.82, 2.24) is 15.3 Å². The third-order valence-electron chi connectivity index (χ3n) is 2.73. The van der Waals surface area contributed by atoms with Gasteiger partial charge in [-0.25, -0.2) is 9.97 Å². The van der Waals surface area contributed by atoms with Gasteiger partial charge in [0.25, 0.3) is 0 Å². The molecule has 2 rings (SSSR count). The predicted octanol–water partition coefficient (Wildman–Crippen LogP) is 0.845. The van der Waals surface area contributed by atoms with Crippen LogP contribution >= 0.6 is 11.6 Å². The first-order valence-electron chi connectivity index (χ1n) is 5.23. The summed E-state index contributed by atoms with van der Waals surface area (Å²) in [6.07, 6.45) is 4.28. The van der Waals surface area contributed by atoms with E-state index >= 15 is 0 Å². The third kappa shape index (κ3) is 2.61. The molecule has 1 aliphatic heterocycles. The van der Waals surface area contributed by atoms with Gasteiger partial charge in [-0.15, -0.1) is 0 Å². The number of carbonyl (C=O) groups is 1. The molecule has 0 unspecified atom stereocenters. The molecule has 0 aromatic carbocycles. The Morgan fingerprint density at radius 2 is 2.25 bits per heavy atom. The number of anilines is 1. The Morgan fingerprint density at radius 1 is 1.50 bits per heavy atom. The standard InChI is InChI=1S/C10H13ClN4O/c11-10-12-4-1-9(14-10)15-5-2-8(3-6-15)13-7-16/h1,4,7-8H,2-3,5-6H2,(H,13,16). The zero-order chi connectivity index (χ0) is 11.4. The van der Waals surface area contributed by atoms with Gasteiger partial charge in [0.15, 0.2) is 0 Å². The Labute approximate surface area is 98.8 Å². The number of piperidine rings is 1. The maximum atomic E-state index is 10.3. The second-order valence-corrected chi connectivity index (χ2v) is 4.07. The van der Waals surface area contributed by atoms with Crippen molar-refractivity contribution < 1.29 is 4.79 Å². The maximum Gasteiger partial charge on any atom is 0.224 e. The lowest BCUT2D eigenvalue weighted by Gasteiger charge is -2.32. The van der Waals surface area contributed by atoms with Crippen LogP contribution in [0.5, 0.6) is 0 Å². The summed E-state index contributed by atoms with van der Waals surface area (Å²) in [6.45, 7) is 1.75. The van der Waals surface area contributed by atoms with E-state index in [9.17, 15) is 4.79 Å². The zero-order valence-corrected chi connectivity index (χ0v) is 9.52. The van der Waals surface area contributed by atoms with Crippen LogP contribution in [0, 0.1) is 0 Å². The highest BCUT2D eigenvalue weighted by molar-refractivity contribution is 6.28. The summed E-state index contributed by atoms with van der Waals surface area (Å²) < 4.78 is 0. The third-order valence-corrected chi connectivity index (χ3v) is 2.92. The molecule has 86 valence electrons. The molecule has 1 saturated heterocycles. The molecule has 1 aromatic heterocycles. The summed E-state index contributed by atoms with van der Waals surface area (Å²) in [7, 11) is 0. The second kappa shape index (κ2) is 5.12. The van der Waals surface area contributed by atoms with Gasteiger partial charge in [0.05, 0.1) is 0 Å². The molecule has 0 spiro atoms. The van der Waals surface area contributed by atoms with Crippen LogP contribution in [0.3, 0.4) is 0 Å². The summed E-state index contributed by atoms with van der Waals surface area (Å²) in [5, 5.41) is 3.07. The molecule has 6 heteroatoms. The molecular formula is C10H13ClN4O. The molecule has 0 aliphatic carbocycles. The van der Waals surface area contributed by atoms with Gasteiger partial charge in [-0.05, 0) is 30.5 Å². The van der Waals surface area contributed by atoms with Crippen molar-refractivity contribution >= 4 is 23.8 Å². The number of hydrogen-bond acceptors (Lipinski definition) is 4. The van der Waals surface area contributed by atoms with Crippen LogP contribution in [0.1, 0.15) is 12.8 Å². The topological polar surface area (TPSA) is 58.1 Å². The van der Waals surface area contributed by atoms with E-state index in [1.54, 1.807) is 6.20 Å². The quantitative estimate of drug-likeness (QED) is 0.629. The van der Waals surface area contributed by atoms with Crippen molar-refractivity contribution in [1.29, 1.82) is 0 Å². The van der Waals surface area contributed by atoms with Crippen molar-refractivity contribution in [3.63, 3.8) is 0 Å². The number of hydrogen-bond donors (Lipinski definition) is 1. The Kier molecular flexibility index (Phi) is 3.56. The van der Waals surface area contributed by atoms with E-state index in [4.69, 9.17) is 11.6 Å². The van der Waals surface area contributed by atoms with Crippen LogP contribution < -0.4 is 10.2 Å². The van der Waals surface area contributed by atoms with E-state index in [-0.39, 0.29) is 11.3 Å². The molecule has 16 heavy (non-hydrogen) atoms. The maximum absolute atomic E-state index is 10.3. The molecule has 1 N–H and O–H groups in total. The number of rotatable bonds is 3. The van der Waals surface area contributed by atoms with Crippen LogP contribution in [0.4, 0.5) is 5.82 Å². The highest BCUT2D eigenvalue weighted by Gasteiger charge is 2.19. The van der Waals surface area contributed by atoms with Gasteiger partial charge in [-0.2, -0.15) is 0 Å². The molecule has 1 fully saturated rings. The summed E-state index contributed by atoms with van der Waals surface area (Å²) in [5.74, 6) is 0.851. The van der Waals surface area contributed by atoms with Crippen LogP contribution in [0.25, 0.3) is 0 Å². The number of nitrogens with zero attached hydrogens (tertiary/aromatic N) is 3. The highest BCUT2D eigenvalue weighted by Crippen LogP contribution is 2.18. The number of amides is 1. The van der Waals surface area contributed by atoms with Gasteiger partial charge in [-0.3, -0.25) is 4.79 Å². The molecule has 0 atom stereocenters. The highest BCUT2D eigenvalue weighted by atomic mass is 35.5. The normalized spacial score (nSPS) is 17.2. The van der Waals surface area contributed by atoms with Crippen LogP contribution in [0.2, 0.25) is 5.28 Å². The zero-order valence-electron chi connectivity index (χ0n) is 8.77. The van der Waals surface area contributed by atoms with E-state index < -0.39 is 0 Å². The van der Waals surface area contributed by atoms with E-state index in [0.717, 1.165) is 38.2 Å². The van der Waals surface area contributed by atoms with E-state index in [1.165, 1.54) is 0 Å². The SMILES string of the molecule is O=CNC1CCN(c2ccnc(Cl)n2)CC1. The summed E-state index contributed by atoms with van der Waals surface area (Å²) in [4.78, 5) is 20.5. The number of carbonyl (C=O) groups excluding carboxylic acids is 1. The molecular weight excluding hydrogens is 228 g/mol. The van der Waals surface area contributed by atoms with E-state index in [2.05, 4.69) is 20.2 Å². The lowest BCUT2D eigenvalue weighted by Crippen LogP contribution is -2.42. The number of nitrogens with one attached hydrogen (secondary N) is 1. The molecule has 5 nitrogen and oxygen atoms in total. The minimum Gasteiger partial charge on any atom is -0.356 e. The van der Waals surface area contributed by atoms with E-state index in [0.29, 0.717) is 0 Å². The summed E-state index contributed by atoms with van der Waals surface area (Å²) >= 11 is 5.73. The number of halogens is 1. The van der Waals surface area contributed by atoms with Gasteiger partial charge in [-0.1, -0.05) is 0 Å². The fourth-order valence-electron chi connectivity index (χ4n) is 1.87. The lowest BCUT2D eigenvalue weighted by atomic mass is 10.1. The van der Waals surface area contributed by atoms with Crippen molar-refractivity contribution in [2.45, 2.75) is 18.9 Å². The molecule has 2 heterocycles. The second-order valence-electron chi connectivity index (χ2n) is 3.73. The Bertz CT molecular complexity index is 366. The largest absolute Gasteiger partial charge is 0.356 e. The van der Waals surface area contributed by atoms with Crippen LogP contribution in [-0.2, 0) is 4.79 Å². The molecule has 1 aromatic rings. The van der Waals surface area contributed by atoms with Crippen LogP contribution in [-0.4, -0.2) is 35.5 Å². The summed E-state index contributed by atoms with van der Waals surface area (Å²) in [6, 6.07) is 2.13. The van der Waals surface area contributed by atoms with Gasteiger partial charge < -0.3 is 10.2 Å². The summed E-state index contributed by atoms with van der Waals surface area (Å²) in [5.41, 5.74) is 0. The minimum atomic E-state index is 0.269. The lowest BCUT2D eigenvalue weighted by molar-refractivity contribution is -0.110. The minimum absolute atomic E-state index is 0.269. The Balaban J connectivity index is 1.96. The fourth-order valence-corrected chi connectivity index (χ4v) is 2.02. The Hall–Kier alpha value is -1.36. The number of aromatic nitrogens is 2. The van der Waals surface area contributed by atoms with Crippen molar-refractivity contribution in [3.05, 3.63) is 17.5 Å². The first-order chi connectivity index (χ1) is 7.79. The monoisotopic (exact) mass is 240 g/mol. The smallest absolute Gasteiger partial charge is 0.224 e. The van der Waals surface area contributed by atoms with Crippen molar-refractivity contribution in [2.75, 3.05) is 18.0 Å². The molecule has 1 aliphatic rings. The van der Waals surface area contributed by atoms with Crippen molar-refractivity contribution in [3.8, 4) is 0 Å². The van der Waals surface area contributed by atoms with E-state index in [1.807, 2.05) is 6.07 Å². The Morgan fingerprint density at radius 3 is 2.88 bits per heavy atom. The predicted molar refractivity (Wildman–Crippen MR) is 61.5 cm³/mol. The fraction of sp³-hybridized carbons (Fsp3) is 0.500. The molecule has 1 amide bonds. The first kappa shape index (κ1) is 11.1.